The number of hydrogen-bond acceptors (Lipinski definition) is 5. The molecule has 162 valence electrons. The number of likely N-dealkylation sites (N-methyl/N-ethyl adjacent to an activating group) is 1. The highest BCUT2D eigenvalue weighted by Gasteiger charge is 2.31. The minimum atomic E-state index is -0.424. The SMILES string of the molecule is CN(CCCCCC1CCc2cccnc2N1)[C@@H]1CCN(C(=O)OC(C)(C)C)C1. The molecular formula is C23H38N4O2. The molecule has 0 bridgehead atoms. The van der Waals surface area contributed by atoms with E-state index >= 15 is 0 Å². The van der Waals surface area contributed by atoms with Crippen LogP contribution in [0.5, 0.6) is 0 Å². The van der Waals surface area contributed by atoms with Gasteiger partial charge in [0.1, 0.15) is 11.4 Å². The number of amides is 1. The van der Waals surface area contributed by atoms with Crippen LogP contribution in [0.15, 0.2) is 18.3 Å². The molecule has 2 aliphatic rings. The van der Waals surface area contributed by atoms with Crippen molar-refractivity contribution < 1.29 is 9.53 Å². The fourth-order valence-electron chi connectivity index (χ4n) is 4.29. The highest BCUT2D eigenvalue weighted by Crippen LogP contribution is 2.24. The van der Waals surface area contributed by atoms with E-state index in [0.29, 0.717) is 12.1 Å². The molecule has 1 amide bonds. The first kappa shape index (κ1) is 21.9. The fraction of sp³-hybridized carbons (Fsp3) is 0.739. The van der Waals surface area contributed by atoms with E-state index in [1.807, 2.05) is 37.9 Å². The van der Waals surface area contributed by atoms with E-state index in [-0.39, 0.29) is 6.09 Å². The van der Waals surface area contributed by atoms with Gasteiger partial charge in [-0.2, -0.15) is 0 Å². The van der Waals surface area contributed by atoms with Gasteiger partial charge in [-0.3, -0.25) is 0 Å². The van der Waals surface area contributed by atoms with Crippen molar-refractivity contribution in [3.8, 4) is 0 Å². The topological polar surface area (TPSA) is 57.7 Å². The van der Waals surface area contributed by atoms with Gasteiger partial charge in [-0.25, -0.2) is 9.78 Å². The second-order valence-electron chi connectivity index (χ2n) is 9.59. The van der Waals surface area contributed by atoms with Crippen LogP contribution < -0.4 is 5.32 Å². The molecule has 6 heteroatoms. The van der Waals surface area contributed by atoms with E-state index in [1.165, 1.54) is 37.7 Å². The second kappa shape index (κ2) is 9.79. The van der Waals surface area contributed by atoms with Crippen molar-refractivity contribution in [1.82, 2.24) is 14.8 Å². The molecule has 0 aromatic carbocycles. The van der Waals surface area contributed by atoms with Crippen molar-refractivity contribution in [3.05, 3.63) is 23.9 Å². The summed E-state index contributed by atoms with van der Waals surface area (Å²) in [5, 5.41) is 3.60. The fourth-order valence-corrected chi connectivity index (χ4v) is 4.29. The zero-order chi connectivity index (χ0) is 20.9. The Morgan fingerprint density at radius 1 is 1.31 bits per heavy atom. The van der Waals surface area contributed by atoms with Crippen molar-refractivity contribution in [2.45, 2.75) is 83.4 Å². The van der Waals surface area contributed by atoms with E-state index < -0.39 is 5.60 Å². The number of aromatic nitrogens is 1. The Kier molecular flexibility index (Phi) is 7.38. The number of aryl methyl sites for hydroxylation is 1. The minimum Gasteiger partial charge on any atom is -0.444 e. The number of fused-ring (bicyclic) bond motifs is 1. The zero-order valence-corrected chi connectivity index (χ0v) is 18.6. The maximum atomic E-state index is 12.2. The summed E-state index contributed by atoms with van der Waals surface area (Å²) in [6.07, 6.45) is 10.0. The lowest BCUT2D eigenvalue weighted by molar-refractivity contribution is 0.0282. The molecule has 0 saturated carbocycles. The predicted molar refractivity (Wildman–Crippen MR) is 117 cm³/mol. The Morgan fingerprint density at radius 3 is 2.93 bits per heavy atom. The van der Waals surface area contributed by atoms with Crippen molar-refractivity contribution >= 4 is 11.9 Å². The van der Waals surface area contributed by atoms with E-state index in [2.05, 4.69) is 28.3 Å². The number of hydrogen-bond donors (Lipinski definition) is 1. The first-order chi connectivity index (χ1) is 13.8. The lowest BCUT2D eigenvalue weighted by Gasteiger charge is -2.27. The van der Waals surface area contributed by atoms with E-state index in [1.54, 1.807) is 0 Å². The number of pyridine rings is 1. The third-order valence-corrected chi connectivity index (χ3v) is 6.00. The van der Waals surface area contributed by atoms with Crippen LogP contribution >= 0.6 is 0 Å². The number of anilines is 1. The van der Waals surface area contributed by atoms with Crippen LogP contribution in [0.25, 0.3) is 0 Å². The van der Waals surface area contributed by atoms with Crippen molar-refractivity contribution in [2.75, 3.05) is 32.0 Å². The zero-order valence-electron chi connectivity index (χ0n) is 18.6. The van der Waals surface area contributed by atoms with Crippen molar-refractivity contribution in [3.63, 3.8) is 0 Å². The third-order valence-electron chi connectivity index (χ3n) is 6.00. The standard InChI is InChI=1S/C23H38N4O2/c1-23(2,3)29-22(28)27-16-13-20(17-27)26(4)15-7-5-6-10-19-12-11-18-9-8-14-24-21(18)25-19/h8-9,14,19-20H,5-7,10-13,15-17H2,1-4H3,(H,24,25)/t19?,20-/m1/s1. The van der Waals surface area contributed by atoms with Gasteiger partial charge < -0.3 is 19.9 Å². The first-order valence-electron chi connectivity index (χ1n) is 11.2. The molecule has 0 spiro atoms. The molecule has 1 unspecified atom stereocenters. The normalized spacial score (nSPS) is 21.8. The lowest BCUT2D eigenvalue weighted by Crippen LogP contribution is -2.39. The maximum absolute atomic E-state index is 12.2. The summed E-state index contributed by atoms with van der Waals surface area (Å²) in [5.74, 6) is 1.08. The maximum Gasteiger partial charge on any atom is 0.410 e. The Hall–Kier alpha value is -1.82. The number of nitrogens with zero attached hydrogens (tertiary/aromatic N) is 3. The quantitative estimate of drug-likeness (QED) is 0.689. The van der Waals surface area contributed by atoms with E-state index in [0.717, 1.165) is 38.3 Å². The average molecular weight is 403 g/mol. The Bertz CT molecular complexity index is 673. The number of nitrogens with one attached hydrogen (secondary N) is 1. The van der Waals surface area contributed by atoms with Gasteiger partial charge in [0.15, 0.2) is 0 Å². The number of rotatable bonds is 7. The van der Waals surface area contributed by atoms with Crippen LogP contribution in [0.4, 0.5) is 10.6 Å². The molecular weight excluding hydrogens is 364 g/mol. The van der Waals surface area contributed by atoms with E-state index in [9.17, 15) is 4.79 Å². The molecule has 2 aliphatic heterocycles. The predicted octanol–water partition coefficient (Wildman–Crippen LogP) is 4.31. The molecule has 0 radical (unpaired) electrons. The van der Waals surface area contributed by atoms with Gasteiger partial charge in [0.25, 0.3) is 0 Å². The summed E-state index contributed by atoms with van der Waals surface area (Å²) >= 11 is 0. The molecule has 3 heterocycles. The van der Waals surface area contributed by atoms with Gasteiger partial charge in [-0.15, -0.1) is 0 Å². The highest BCUT2D eigenvalue weighted by atomic mass is 16.6. The highest BCUT2D eigenvalue weighted by molar-refractivity contribution is 5.68. The molecule has 29 heavy (non-hydrogen) atoms. The van der Waals surface area contributed by atoms with Crippen LogP contribution in [-0.4, -0.2) is 65.2 Å². The molecule has 1 aromatic heterocycles. The van der Waals surface area contributed by atoms with Crippen LogP contribution in [0.2, 0.25) is 0 Å². The van der Waals surface area contributed by atoms with Gasteiger partial charge in [-0.1, -0.05) is 18.9 Å². The summed E-state index contributed by atoms with van der Waals surface area (Å²) in [7, 11) is 2.19. The number of carbonyl (C=O) groups excluding carboxylic acids is 1. The van der Waals surface area contributed by atoms with Gasteiger partial charge in [0.05, 0.1) is 0 Å². The molecule has 1 N–H and O–H groups in total. The second-order valence-corrected chi connectivity index (χ2v) is 9.59. The number of unbranched alkanes of at least 4 members (excludes halogenated alkanes) is 2. The monoisotopic (exact) mass is 402 g/mol. The summed E-state index contributed by atoms with van der Waals surface area (Å²) < 4.78 is 5.50. The molecule has 0 aliphatic carbocycles. The van der Waals surface area contributed by atoms with Crippen LogP contribution in [0.3, 0.4) is 0 Å². The average Bonchev–Trinajstić information content (AvgIpc) is 3.17. The van der Waals surface area contributed by atoms with Crippen LogP contribution in [0, 0.1) is 0 Å². The lowest BCUT2D eigenvalue weighted by atomic mass is 9.97. The van der Waals surface area contributed by atoms with Gasteiger partial charge in [-0.05, 0) is 78.1 Å². The molecule has 6 nitrogen and oxygen atoms in total. The number of ether oxygens (including phenoxy) is 1. The minimum absolute atomic E-state index is 0.176. The summed E-state index contributed by atoms with van der Waals surface area (Å²) in [5.41, 5.74) is 0.925. The first-order valence-corrected chi connectivity index (χ1v) is 11.2. The molecule has 3 rings (SSSR count). The van der Waals surface area contributed by atoms with Gasteiger partial charge in [0.2, 0.25) is 0 Å². The largest absolute Gasteiger partial charge is 0.444 e. The summed E-state index contributed by atoms with van der Waals surface area (Å²) in [4.78, 5) is 21.0. The number of carbonyl (C=O) groups is 1. The van der Waals surface area contributed by atoms with Crippen LogP contribution in [0.1, 0.15) is 64.9 Å². The van der Waals surface area contributed by atoms with E-state index in [4.69, 9.17) is 4.74 Å². The smallest absolute Gasteiger partial charge is 0.410 e. The number of likely N-dealkylation sites (tertiary alicyclic amines) is 1. The summed E-state index contributed by atoms with van der Waals surface area (Å²) in [6.45, 7) is 8.43. The Labute approximate surface area is 176 Å². The van der Waals surface area contributed by atoms with Crippen molar-refractivity contribution in [1.29, 1.82) is 0 Å². The molecule has 1 saturated heterocycles. The molecule has 1 aromatic rings. The molecule has 2 atom stereocenters. The Balaban J connectivity index is 1.29. The van der Waals surface area contributed by atoms with Gasteiger partial charge in [0, 0.05) is 31.4 Å². The van der Waals surface area contributed by atoms with Gasteiger partial charge >= 0.3 is 6.09 Å². The van der Waals surface area contributed by atoms with Crippen LogP contribution in [-0.2, 0) is 11.2 Å². The Morgan fingerprint density at radius 2 is 2.14 bits per heavy atom. The molecule has 1 fully saturated rings. The van der Waals surface area contributed by atoms with Crippen molar-refractivity contribution in [2.24, 2.45) is 0 Å². The third kappa shape index (κ3) is 6.59. The summed E-state index contributed by atoms with van der Waals surface area (Å²) in [6, 6.07) is 5.21.